The van der Waals surface area contributed by atoms with Crippen LogP contribution in [-0.2, 0) is 0 Å². The van der Waals surface area contributed by atoms with Crippen LogP contribution in [0.25, 0.3) is 5.69 Å². The Hall–Kier alpha value is -2.73. The van der Waals surface area contributed by atoms with Crippen molar-refractivity contribution in [2.45, 2.75) is 0 Å². The van der Waals surface area contributed by atoms with Gasteiger partial charge in [0.2, 0.25) is 7.51 Å². The zero-order valence-corrected chi connectivity index (χ0v) is 16.2. The standard InChI is InChI=1S/C20H20N7P/c21-19-17-18(15-7-3-1-4-8-15)23-28(25-11-12-25,26-13-14-26)24-20(17)22-27(19)16-9-5-2-6-10-16/h1-10H,11-14,21H2. The molecule has 0 amide bonds. The van der Waals surface area contributed by atoms with Gasteiger partial charge in [-0.25, -0.2) is 18.8 Å². The molecule has 1 aromatic heterocycles. The largest absolute Gasteiger partial charge is 0.383 e. The van der Waals surface area contributed by atoms with Crippen molar-refractivity contribution < 1.29 is 0 Å². The molecule has 0 atom stereocenters. The number of fused-ring (bicyclic) bond motifs is 1. The summed E-state index contributed by atoms with van der Waals surface area (Å²) in [6.45, 7) is 4.18. The maximum atomic E-state index is 6.60. The van der Waals surface area contributed by atoms with Crippen LogP contribution in [0.1, 0.15) is 11.1 Å². The lowest BCUT2D eigenvalue weighted by atomic mass is 10.0. The molecule has 2 fully saturated rings. The van der Waals surface area contributed by atoms with Crippen molar-refractivity contribution >= 4 is 24.9 Å². The number of nitrogen functional groups attached to an aromatic ring is 1. The summed E-state index contributed by atoms with van der Waals surface area (Å²) in [5.74, 6) is 1.30. The topological polar surface area (TPSA) is 74.6 Å². The van der Waals surface area contributed by atoms with Crippen LogP contribution in [0.4, 0.5) is 11.6 Å². The maximum Gasteiger partial charge on any atom is 0.218 e. The predicted octanol–water partition coefficient (Wildman–Crippen LogP) is 3.51. The van der Waals surface area contributed by atoms with Gasteiger partial charge >= 0.3 is 0 Å². The Kier molecular flexibility index (Phi) is 3.41. The van der Waals surface area contributed by atoms with Crippen LogP contribution in [0, 0.1) is 0 Å². The molecule has 3 aromatic rings. The molecule has 8 heteroatoms. The first-order valence-electron chi connectivity index (χ1n) is 9.49. The number of para-hydroxylation sites is 1. The quantitative estimate of drug-likeness (QED) is 0.547. The molecule has 2 saturated heterocycles. The summed E-state index contributed by atoms with van der Waals surface area (Å²) in [6.07, 6.45) is 0. The van der Waals surface area contributed by atoms with Crippen LogP contribution < -0.4 is 5.73 Å². The minimum Gasteiger partial charge on any atom is -0.383 e. The molecule has 0 spiro atoms. The highest BCUT2D eigenvalue weighted by molar-refractivity contribution is 7.61. The first kappa shape index (κ1) is 16.2. The first-order valence-corrected chi connectivity index (χ1v) is 11.1. The van der Waals surface area contributed by atoms with Crippen molar-refractivity contribution in [2.24, 2.45) is 9.51 Å². The van der Waals surface area contributed by atoms with E-state index in [9.17, 15) is 0 Å². The number of benzene rings is 2. The number of nitrogens with zero attached hydrogens (tertiary/aromatic N) is 6. The predicted molar refractivity (Wildman–Crippen MR) is 112 cm³/mol. The summed E-state index contributed by atoms with van der Waals surface area (Å²) >= 11 is 0. The Labute approximate surface area is 163 Å². The van der Waals surface area contributed by atoms with Crippen LogP contribution in [0.5, 0.6) is 0 Å². The summed E-state index contributed by atoms with van der Waals surface area (Å²) in [5.41, 5.74) is 10.3. The van der Waals surface area contributed by atoms with Gasteiger partial charge in [0.05, 0.1) is 17.0 Å². The normalized spacial score (nSPS) is 20.2. The third kappa shape index (κ3) is 2.41. The van der Waals surface area contributed by atoms with Crippen LogP contribution in [0.2, 0.25) is 0 Å². The van der Waals surface area contributed by atoms with Gasteiger partial charge in [0, 0.05) is 31.7 Å². The Balaban J connectivity index is 1.63. The number of anilines is 1. The van der Waals surface area contributed by atoms with E-state index < -0.39 is 7.51 Å². The average molecular weight is 389 g/mol. The van der Waals surface area contributed by atoms with Crippen molar-refractivity contribution in [3.05, 3.63) is 71.8 Å². The van der Waals surface area contributed by atoms with Crippen LogP contribution in [-0.4, -0.2) is 51.0 Å². The van der Waals surface area contributed by atoms with Crippen molar-refractivity contribution in [3.63, 3.8) is 0 Å². The Morgan fingerprint density at radius 2 is 1.43 bits per heavy atom. The van der Waals surface area contributed by atoms with E-state index in [1.807, 2.05) is 48.5 Å². The zero-order valence-electron chi connectivity index (χ0n) is 15.3. The molecule has 3 aliphatic heterocycles. The third-order valence-electron chi connectivity index (χ3n) is 5.26. The van der Waals surface area contributed by atoms with E-state index in [-0.39, 0.29) is 0 Å². The highest BCUT2D eigenvalue weighted by Gasteiger charge is 2.48. The molecule has 0 saturated carbocycles. The van der Waals surface area contributed by atoms with E-state index in [0.717, 1.165) is 48.7 Å². The van der Waals surface area contributed by atoms with Gasteiger partial charge in [0.25, 0.3) is 0 Å². The van der Waals surface area contributed by atoms with Crippen molar-refractivity contribution in [1.82, 2.24) is 19.1 Å². The summed E-state index contributed by atoms with van der Waals surface area (Å²) in [4.78, 5) is 0. The van der Waals surface area contributed by atoms with E-state index in [1.54, 1.807) is 4.68 Å². The molecule has 0 aliphatic carbocycles. The molecule has 2 N–H and O–H groups in total. The first-order chi connectivity index (χ1) is 13.8. The summed E-state index contributed by atoms with van der Waals surface area (Å²) in [5, 5.41) is 4.83. The van der Waals surface area contributed by atoms with E-state index in [0.29, 0.717) is 11.6 Å². The highest BCUT2D eigenvalue weighted by Crippen LogP contribution is 2.68. The maximum absolute atomic E-state index is 6.60. The lowest BCUT2D eigenvalue weighted by Crippen LogP contribution is -2.13. The fraction of sp³-hybridized carbons (Fsp3) is 0.200. The van der Waals surface area contributed by atoms with Crippen molar-refractivity contribution in [1.29, 1.82) is 0 Å². The smallest absolute Gasteiger partial charge is 0.218 e. The molecule has 140 valence electrons. The molecule has 6 rings (SSSR count). The van der Waals surface area contributed by atoms with Crippen LogP contribution in [0.15, 0.2) is 70.2 Å². The molecule has 0 radical (unpaired) electrons. The number of aromatic nitrogens is 2. The summed E-state index contributed by atoms with van der Waals surface area (Å²) in [7, 11) is -2.12. The van der Waals surface area contributed by atoms with Gasteiger partial charge in [-0.15, -0.1) is 5.10 Å². The Morgan fingerprint density at radius 1 is 0.821 bits per heavy atom. The molecule has 2 aromatic carbocycles. The number of rotatable bonds is 4. The SMILES string of the molecule is Nc1c2c(nn1-c1ccccc1)N=P(N1CC1)(N1CC1)N=C2c1ccccc1. The van der Waals surface area contributed by atoms with E-state index in [1.165, 1.54) is 0 Å². The average Bonchev–Trinajstić information content (AvgIpc) is 3.65. The van der Waals surface area contributed by atoms with Crippen LogP contribution in [0.3, 0.4) is 0 Å². The number of hydrogen-bond donors (Lipinski definition) is 1. The van der Waals surface area contributed by atoms with Gasteiger partial charge in [0.15, 0.2) is 5.82 Å². The molecule has 0 unspecified atom stereocenters. The fourth-order valence-corrected chi connectivity index (χ4v) is 6.71. The Morgan fingerprint density at radius 3 is 2.04 bits per heavy atom. The molecule has 0 bridgehead atoms. The number of nitrogens with two attached hydrogens (primary N) is 1. The van der Waals surface area contributed by atoms with Crippen molar-refractivity contribution in [2.75, 3.05) is 31.9 Å². The monoisotopic (exact) mass is 389 g/mol. The Bertz CT molecular complexity index is 1130. The van der Waals surface area contributed by atoms with Gasteiger partial charge in [-0.2, -0.15) is 4.74 Å². The van der Waals surface area contributed by atoms with Crippen LogP contribution >= 0.6 is 7.51 Å². The second-order valence-electron chi connectivity index (χ2n) is 7.19. The van der Waals surface area contributed by atoms with Gasteiger partial charge < -0.3 is 5.73 Å². The van der Waals surface area contributed by atoms with Gasteiger partial charge in [-0.1, -0.05) is 48.5 Å². The molecule has 28 heavy (non-hydrogen) atoms. The molecule has 3 aliphatic rings. The molecular formula is C20H20N7P. The summed E-state index contributed by atoms with van der Waals surface area (Å²) < 4.78 is 17.0. The van der Waals surface area contributed by atoms with E-state index in [2.05, 4.69) is 21.5 Å². The zero-order chi connectivity index (χ0) is 18.7. The van der Waals surface area contributed by atoms with E-state index in [4.69, 9.17) is 20.3 Å². The van der Waals surface area contributed by atoms with Crippen molar-refractivity contribution in [3.8, 4) is 5.69 Å². The second-order valence-corrected chi connectivity index (χ2v) is 9.79. The lowest BCUT2D eigenvalue weighted by Gasteiger charge is -2.26. The second kappa shape index (κ2) is 5.88. The summed E-state index contributed by atoms with van der Waals surface area (Å²) in [6, 6.07) is 20.2. The van der Waals surface area contributed by atoms with Gasteiger partial charge in [0.1, 0.15) is 5.82 Å². The third-order valence-corrected chi connectivity index (χ3v) is 8.50. The van der Waals surface area contributed by atoms with E-state index >= 15 is 0 Å². The molecule has 7 nitrogen and oxygen atoms in total. The number of hydrogen-bond acceptors (Lipinski definition) is 6. The molecule has 4 heterocycles. The fourth-order valence-electron chi connectivity index (χ4n) is 3.67. The lowest BCUT2D eigenvalue weighted by molar-refractivity contribution is 0.772. The minimum absolute atomic E-state index is 0.585. The van der Waals surface area contributed by atoms with Gasteiger partial charge in [-0.05, 0) is 12.1 Å². The minimum atomic E-state index is -2.12. The highest BCUT2D eigenvalue weighted by atomic mass is 31.2. The van der Waals surface area contributed by atoms with Gasteiger partial charge in [-0.3, -0.25) is 0 Å². The molecular weight excluding hydrogens is 369 g/mol.